The second-order valence-corrected chi connectivity index (χ2v) is 5.86. The lowest BCUT2D eigenvalue weighted by molar-refractivity contribution is 0.258. The van der Waals surface area contributed by atoms with E-state index >= 15 is 0 Å². The Hall–Kier alpha value is -1.12. The van der Waals surface area contributed by atoms with Gasteiger partial charge in [0.05, 0.1) is 0 Å². The Morgan fingerprint density at radius 3 is 2.47 bits per heavy atom. The minimum Gasteiger partial charge on any atom is -0.315 e. The summed E-state index contributed by atoms with van der Waals surface area (Å²) >= 11 is 1.87. The number of hydrogen-bond donors (Lipinski definition) is 1. The minimum atomic E-state index is 0.380. The highest BCUT2D eigenvalue weighted by Gasteiger charge is 2.37. The molecule has 1 aliphatic rings. The van der Waals surface area contributed by atoms with Crippen molar-refractivity contribution in [2.45, 2.75) is 18.3 Å². The summed E-state index contributed by atoms with van der Waals surface area (Å²) in [6.07, 6.45) is 2.46. The first-order chi connectivity index (χ1) is 8.39. The Morgan fingerprint density at radius 2 is 1.88 bits per heavy atom. The second kappa shape index (κ2) is 4.63. The van der Waals surface area contributed by atoms with Crippen molar-refractivity contribution >= 4 is 11.3 Å². The van der Waals surface area contributed by atoms with Gasteiger partial charge in [-0.05, 0) is 29.9 Å². The summed E-state index contributed by atoms with van der Waals surface area (Å²) in [4.78, 5) is 1.51. The summed E-state index contributed by atoms with van der Waals surface area (Å²) in [6, 6.07) is 15.3. The molecule has 1 fully saturated rings. The number of rotatable bonds is 4. The molecule has 0 saturated carbocycles. The molecule has 0 amide bonds. The fourth-order valence-corrected chi connectivity index (χ4v) is 3.27. The van der Waals surface area contributed by atoms with E-state index in [1.165, 1.54) is 23.3 Å². The van der Waals surface area contributed by atoms with Gasteiger partial charge in [0.25, 0.3) is 0 Å². The summed E-state index contributed by atoms with van der Waals surface area (Å²) in [7, 11) is 0. The summed E-state index contributed by atoms with van der Waals surface area (Å²) in [5.41, 5.74) is 1.88. The van der Waals surface area contributed by atoms with Crippen LogP contribution in [0.15, 0.2) is 47.8 Å². The molecule has 2 heterocycles. The molecule has 1 nitrogen and oxygen atoms in total. The van der Waals surface area contributed by atoms with Crippen LogP contribution in [0.1, 0.15) is 16.9 Å². The van der Waals surface area contributed by atoms with Gasteiger partial charge in [-0.1, -0.05) is 36.4 Å². The number of nitrogens with one attached hydrogen (secondary N) is 1. The van der Waals surface area contributed by atoms with E-state index in [1.807, 2.05) is 11.3 Å². The van der Waals surface area contributed by atoms with Crippen LogP contribution in [-0.2, 0) is 11.8 Å². The van der Waals surface area contributed by atoms with Crippen molar-refractivity contribution in [1.29, 1.82) is 0 Å². The minimum absolute atomic E-state index is 0.380. The van der Waals surface area contributed by atoms with E-state index in [9.17, 15) is 0 Å². The SMILES string of the molecule is c1ccc(C2(CCc3cccs3)CNC2)cc1. The van der Waals surface area contributed by atoms with Crippen LogP contribution in [0, 0.1) is 0 Å². The molecule has 1 aromatic carbocycles. The van der Waals surface area contributed by atoms with E-state index in [0.717, 1.165) is 13.1 Å². The number of thiophene rings is 1. The average molecular weight is 243 g/mol. The largest absolute Gasteiger partial charge is 0.315 e. The molecule has 1 aromatic heterocycles. The quantitative estimate of drug-likeness (QED) is 0.869. The molecule has 1 N–H and O–H groups in total. The van der Waals surface area contributed by atoms with Gasteiger partial charge < -0.3 is 5.32 Å². The fourth-order valence-electron chi connectivity index (χ4n) is 2.56. The molecule has 0 spiro atoms. The molecule has 0 aliphatic carbocycles. The monoisotopic (exact) mass is 243 g/mol. The van der Waals surface area contributed by atoms with E-state index in [1.54, 1.807) is 0 Å². The Bertz CT molecular complexity index is 457. The van der Waals surface area contributed by atoms with Crippen LogP contribution in [-0.4, -0.2) is 13.1 Å². The van der Waals surface area contributed by atoms with Crippen molar-refractivity contribution in [2.24, 2.45) is 0 Å². The third-order valence-electron chi connectivity index (χ3n) is 3.74. The summed E-state index contributed by atoms with van der Waals surface area (Å²) < 4.78 is 0. The van der Waals surface area contributed by atoms with Crippen molar-refractivity contribution in [3.8, 4) is 0 Å². The highest BCUT2D eigenvalue weighted by Crippen LogP contribution is 2.33. The zero-order valence-electron chi connectivity index (χ0n) is 9.86. The van der Waals surface area contributed by atoms with Gasteiger partial charge in [0, 0.05) is 23.4 Å². The van der Waals surface area contributed by atoms with E-state index in [2.05, 4.69) is 53.2 Å². The molecular weight excluding hydrogens is 226 g/mol. The Kier molecular flexibility index (Phi) is 3.00. The first kappa shape index (κ1) is 11.0. The lowest BCUT2D eigenvalue weighted by atomic mass is 9.72. The number of hydrogen-bond acceptors (Lipinski definition) is 2. The molecule has 17 heavy (non-hydrogen) atoms. The highest BCUT2D eigenvalue weighted by molar-refractivity contribution is 7.09. The molecule has 0 unspecified atom stereocenters. The van der Waals surface area contributed by atoms with Crippen molar-refractivity contribution in [3.63, 3.8) is 0 Å². The molecule has 3 rings (SSSR count). The van der Waals surface area contributed by atoms with Gasteiger partial charge in [-0.25, -0.2) is 0 Å². The first-order valence-corrected chi connectivity index (χ1v) is 7.06. The van der Waals surface area contributed by atoms with Crippen molar-refractivity contribution < 1.29 is 0 Å². The molecule has 0 atom stereocenters. The molecule has 88 valence electrons. The van der Waals surface area contributed by atoms with E-state index in [4.69, 9.17) is 0 Å². The molecule has 0 bridgehead atoms. The predicted octanol–water partition coefficient (Wildman–Crippen LogP) is 3.22. The van der Waals surface area contributed by atoms with E-state index in [0.29, 0.717) is 5.41 Å². The lowest BCUT2D eigenvalue weighted by Crippen LogP contribution is -2.56. The summed E-state index contributed by atoms with van der Waals surface area (Å²) in [6.45, 7) is 2.25. The Balaban J connectivity index is 1.74. The Labute approximate surface area is 106 Å². The topological polar surface area (TPSA) is 12.0 Å². The molecular formula is C15H17NS. The highest BCUT2D eigenvalue weighted by atomic mass is 32.1. The molecule has 2 heteroatoms. The van der Waals surface area contributed by atoms with Crippen LogP contribution in [0.25, 0.3) is 0 Å². The summed E-state index contributed by atoms with van der Waals surface area (Å²) in [5.74, 6) is 0. The van der Waals surface area contributed by atoms with Gasteiger partial charge in [0.2, 0.25) is 0 Å². The standard InChI is InChI=1S/C15H17NS/c1-2-5-13(6-3-1)15(11-16-12-15)9-8-14-7-4-10-17-14/h1-7,10,16H,8-9,11-12H2. The first-order valence-electron chi connectivity index (χ1n) is 6.18. The van der Waals surface area contributed by atoms with Crippen molar-refractivity contribution in [2.75, 3.05) is 13.1 Å². The fraction of sp³-hybridized carbons (Fsp3) is 0.333. The van der Waals surface area contributed by atoms with Crippen LogP contribution in [0.4, 0.5) is 0 Å². The van der Waals surface area contributed by atoms with Crippen LogP contribution in [0.3, 0.4) is 0 Å². The van der Waals surface area contributed by atoms with E-state index < -0.39 is 0 Å². The smallest absolute Gasteiger partial charge is 0.0206 e. The van der Waals surface area contributed by atoms with E-state index in [-0.39, 0.29) is 0 Å². The van der Waals surface area contributed by atoms with Crippen LogP contribution < -0.4 is 5.32 Å². The van der Waals surface area contributed by atoms with Gasteiger partial charge in [0.1, 0.15) is 0 Å². The maximum Gasteiger partial charge on any atom is 0.0206 e. The van der Waals surface area contributed by atoms with Crippen molar-refractivity contribution in [1.82, 2.24) is 5.32 Å². The van der Waals surface area contributed by atoms with Crippen LogP contribution >= 0.6 is 11.3 Å². The maximum atomic E-state index is 3.43. The second-order valence-electron chi connectivity index (χ2n) is 4.83. The number of benzene rings is 1. The third kappa shape index (κ3) is 2.15. The molecule has 1 aliphatic heterocycles. The average Bonchev–Trinajstić information content (AvgIpc) is 2.82. The van der Waals surface area contributed by atoms with Gasteiger partial charge in [-0.2, -0.15) is 0 Å². The van der Waals surface area contributed by atoms with Gasteiger partial charge in [0.15, 0.2) is 0 Å². The van der Waals surface area contributed by atoms with Crippen LogP contribution in [0.2, 0.25) is 0 Å². The predicted molar refractivity (Wildman–Crippen MR) is 73.6 cm³/mol. The Morgan fingerprint density at radius 1 is 1.06 bits per heavy atom. The van der Waals surface area contributed by atoms with Crippen molar-refractivity contribution in [3.05, 3.63) is 58.3 Å². The molecule has 1 saturated heterocycles. The normalized spacial score (nSPS) is 17.6. The maximum absolute atomic E-state index is 3.43. The molecule has 0 radical (unpaired) electrons. The van der Waals surface area contributed by atoms with Gasteiger partial charge >= 0.3 is 0 Å². The zero-order valence-corrected chi connectivity index (χ0v) is 10.7. The molecule has 2 aromatic rings. The lowest BCUT2D eigenvalue weighted by Gasteiger charge is -2.43. The van der Waals surface area contributed by atoms with Crippen LogP contribution in [0.5, 0.6) is 0 Å². The third-order valence-corrected chi connectivity index (χ3v) is 4.68. The van der Waals surface area contributed by atoms with Gasteiger partial charge in [-0.15, -0.1) is 11.3 Å². The van der Waals surface area contributed by atoms with Gasteiger partial charge in [-0.3, -0.25) is 0 Å². The zero-order chi connectivity index (χ0) is 11.6. The number of aryl methyl sites for hydroxylation is 1. The summed E-state index contributed by atoms with van der Waals surface area (Å²) in [5, 5.41) is 5.60.